The molecule has 5 nitrogen and oxygen atoms in total. The van der Waals surface area contributed by atoms with Gasteiger partial charge in [0.05, 0.1) is 17.0 Å². The van der Waals surface area contributed by atoms with E-state index in [1.54, 1.807) is 6.07 Å². The van der Waals surface area contributed by atoms with Crippen LogP contribution < -0.4 is 10.6 Å². The molecule has 0 spiro atoms. The van der Waals surface area contributed by atoms with Gasteiger partial charge in [-0.1, -0.05) is 31.4 Å². The van der Waals surface area contributed by atoms with E-state index in [9.17, 15) is 22.8 Å². The SMILES string of the molecule is O=C(NC1(c2cccc(C(F)(F)F)c2)CCCCC1)C1CCC(C(=O)O)NC1. The number of piperidine rings is 1. The van der Waals surface area contributed by atoms with Crippen LogP contribution >= 0.6 is 0 Å². The Morgan fingerprint density at radius 3 is 2.43 bits per heavy atom. The molecule has 3 rings (SSSR count). The largest absolute Gasteiger partial charge is 0.480 e. The lowest BCUT2D eigenvalue weighted by molar-refractivity contribution is -0.141. The normalized spacial score (nSPS) is 25.1. The van der Waals surface area contributed by atoms with E-state index in [1.165, 1.54) is 6.07 Å². The molecule has 1 aromatic carbocycles. The van der Waals surface area contributed by atoms with Gasteiger partial charge in [0.25, 0.3) is 0 Å². The zero-order valence-electron chi connectivity index (χ0n) is 15.5. The third-order valence-electron chi connectivity index (χ3n) is 5.90. The van der Waals surface area contributed by atoms with Gasteiger partial charge in [-0.2, -0.15) is 13.2 Å². The van der Waals surface area contributed by atoms with Crippen LogP contribution in [0, 0.1) is 5.92 Å². The number of hydrogen-bond acceptors (Lipinski definition) is 3. The van der Waals surface area contributed by atoms with Crippen molar-refractivity contribution in [2.24, 2.45) is 5.92 Å². The van der Waals surface area contributed by atoms with Gasteiger partial charge in [0, 0.05) is 6.54 Å². The van der Waals surface area contributed by atoms with E-state index in [1.807, 2.05) is 0 Å². The molecule has 2 aliphatic rings. The molecule has 2 unspecified atom stereocenters. The molecule has 1 amide bonds. The van der Waals surface area contributed by atoms with Crippen LogP contribution in [0.2, 0.25) is 0 Å². The number of alkyl halides is 3. The fraction of sp³-hybridized carbons (Fsp3) is 0.600. The Bertz CT molecular complexity index is 722. The van der Waals surface area contributed by atoms with Gasteiger partial charge in [-0.25, -0.2) is 0 Å². The third-order valence-corrected chi connectivity index (χ3v) is 5.90. The Morgan fingerprint density at radius 2 is 1.86 bits per heavy atom. The van der Waals surface area contributed by atoms with E-state index in [0.29, 0.717) is 31.2 Å². The number of benzene rings is 1. The topological polar surface area (TPSA) is 78.4 Å². The van der Waals surface area contributed by atoms with Crippen LogP contribution in [0.3, 0.4) is 0 Å². The highest BCUT2D eigenvalue weighted by atomic mass is 19.4. The first-order valence-corrected chi connectivity index (χ1v) is 9.67. The molecule has 3 N–H and O–H groups in total. The second-order valence-electron chi connectivity index (χ2n) is 7.78. The summed E-state index contributed by atoms with van der Waals surface area (Å²) in [5.74, 6) is -1.55. The van der Waals surface area contributed by atoms with E-state index in [4.69, 9.17) is 5.11 Å². The lowest BCUT2D eigenvalue weighted by Gasteiger charge is -2.40. The lowest BCUT2D eigenvalue weighted by atomic mass is 9.75. The molecular weight excluding hydrogens is 373 g/mol. The molecule has 1 aliphatic heterocycles. The summed E-state index contributed by atoms with van der Waals surface area (Å²) in [6.45, 7) is 0.251. The van der Waals surface area contributed by atoms with Crippen LogP contribution in [0.5, 0.6) is 0 Å². The minimum atomic E-state index is -4.44. The molecule has 0 bridgehead atoms. The predicted molar refractivity (Wildman–Crippen MR) is 96.5 cm³/mol. The number of carboxylic acids is 1. The van der Waals surface area contributed by atoms with E-state index in [-0.39, 0.29) is 18.4 Å². The summed E-state index contributed by atoms with van der Waals surface area (Å²) in [6, 6.07) is 4.57. The zero-order valence-corrected chi connectivity index (χ0v) is 15.5. The van der Waals surface area contributed by atoms with E-state index < -0.39 is 29.3 Å². The maximum atomic E-state index is 13.2. The fourth-order valence-corrected chi connectivity index (χ4v) is 4.26. The molecule has 1 saturated carbocycles. The van der Waals surface area contributed by atoms with E-state index in [2.05, 4.69) is 10.6 Å². The molecule has 1 aliphatic carbocycles. The minimum absolute atomic E-state index is 0.226. The maximum absolute atomic E-state index is 13.2. The number of rotatable bonds is 4. The van der Waals surface area contributed by atoms with Crippen LogP contribution in [0.15, 0.2) is 24.3 Å². The Kier molecular flexibility index (Phi) is 5.98. The Balaban J connectivity index is 1.79. The molecule has 28 heavy (non-hydrogen) atoms. The molecule has 0 radical (unpaired) electrons. The van der Waals surface area contributed by atoms with Crippen LogP contribution in [-0.4, -0.2) is 29.6 Å². The lowest BCUT2D eigenvalue weighted by Crippen LogP contribution is -2.53. The Morgan fingerprint density at radius 1 is 1.14 bits per heavy atom. The number of amides is 1. The molecule has 2 fully saturated rings. The first kappa shape index (κ1) is 20.6. The first-order valence-electron chi connectivity index (χ1n) is 9.67. The van der Waals surface area contributed by atoms with Crippen molar-refractivity contribution in [2.45, 2.75) is 62.7 Å². The number of carbonyl (C=O) groups is 2. The van der Waals surface area contributed by atoms with Crippen LogP contribution in [0.4, 0.5) is 13.2 Å². The summed E-state index contributed by atoms with van der Waals surface area (Å²) in [5, 5.41) is 15.0. The fourth-order valence-electron chi connectivity index (χ4n) is 4.26. The van der Waals surface area contributed by atoms with Crippen LogP contribution in [-0.2, 0) is 21.3 Å². The monoisotopic (exact) mass is 398 g/mol. The van der Waals surface area contributed by atoms with Gasteiger partial charge in [-0.15, -0.1) is 0 Å². The molecule has 154 valence electrons. The van der Waals surface area contributed by atoms with Gasteiger partial charge in [-0.05, 0) is 43.4 Å². The van der Waals surface area contributed by atoms with E-state index in [0.717, 1.165) is 31.4 Å². The number of carboxylic acid groups (broad SMARTS) is 1. The van der Waals surface area contributed by atoms with Crippen molar-refractivity contribution in [1.29, 1.82) is 0 Å². The molecular formula is C20H25F3N2O3. The number of carbonyl (C=O) groups excluding carboxylic acids is 1. The summed E-state index contributed by atoms with van der Waals surface area (Å²) >= 11 is 0. The zero-order chi connectivity index (χ0) is 20.4. The number of aliphatic carboxylic acids is 1. The second kappa shape index (κ2) is 8.11. The molecule has 1 aromatic rings. The number of halogens is 3. The van der Waals surface area contributed by atoms with Crippen LogP contribution in [0.25, 0.3) is 0 Å². The van der Waals surface area contributed by atoms with Crippen molar-refractivity contribution in [1.82, 2.24) is 10.6 Å². The minimum Gasteiger partial charge on any atom is -0.480 e. The maximum Gasteiger partial charge on any atom is 0.416 e. The van der Waals surface area contributed by atoms with Gasteiger partial charge >= 0.3 is 12.1 Å². The summed E-state index contributed by atoms with van der Waals surface area (Å²) in [7, 11) is 0. The van der Waals surface area contributed by atoms with Crippen molar-refractivity contribution in [3.8, 4) is 0 Å². The average molecular weight is 398 g/mol. The van der Waals surface area contributed by atoms with Gasteiger partial charge in [-0.3, -0.25) is 9.59 Å². The summed E-state index contributed by atoms with van der Waals surface area (Å²) in [4.78, 5) is 23.9. The molecule has 1 heterocycles. The van der Waals surface area contributed by atoms with Crippen molar-refractivity contribution in [3.63, 3.8) is 0 Å². The third kappa shape index (κ3) is 4.48. The Labute approximate surface area is 161 Å². The highest BCUT2D eigenvalue weighted by Gasteiger charge is 2.40. The number of hydrogen-bond donors (Lipinski definition) is 3. The van der Waals surface area contributed by atoms with E-state index >= 15 is 0 Å². The quantitative estimate of drug-likeness (QED) is 0.726. The first-order chi connectivity index (χ1) is 13.2. The summed E-state index contributed by atoms with van der Waals surface area (Å²) in [6.07, 6.45) is 0.201. The van der Waals surface area contributed by atoms with Crippen LogP contribution in [0.1, 0.15) is 56.1 Å². The van der Waals surface area contributed by atoms with Gasteiger partial charge in [0.1, 0.15) is 6.04 Å². The molecule has 2 atom stereocenters. The highest BCUT2D eigenvalue weighted by molar-refractivity contribution is 5.81. The Hall–Kier alpha value is -2.09. The molecule has 0 aromatic heterocycles. The summed E-state index contributed by atoms with van der Waals surface area (Å²) < 4.78 is 39.5. The predicted octanol–water partition coefficient (Wildman–Crippen LogP) is 3.43. The average Bonchev–Trinajstić information content (AvgIpc) is 2.68. The molecule has 8 heteroatoms. The highest BCUT2D eigenvalue weighted by Crippen LogP contribution is 2.40. The molecule has 1 saturated heterocycles. The van der Waals surface area contributed by atoms with Crippen molar-refractivity contribution in [2.75, 3.05) is 6.54 Å². The van der Waals surface area contributed by atoms with Crippen molar-refractivity contribution in [3.05, 3.63) is 35.4 Å². The van der Waals surface area contributed by atoms with Gasteiger partial charge in [0.2, 0.25) is 5.91 Å². The number of nitrogens with one attached hydrogen (secondary N) is 2. The smallest absolute Gasteiger partial charge is 0.416 e. The van der Waals surface area contributed by atoms with Crippen molar-refractivity contribution >= 4 is 11.9 Å². The van der Waals surface area contributed by atoms with Crippen molar-refractivity contribution < 1.29 is 27.9 Å². The summed E-state index contributed by atoms with van der Waals surface area (Å²) in [5.41, 5.74) is -1.03. The van der Waals surface area contributed by atoms with Gasteiger partial charge in [0.15, 0.2) is 0 Å². The standard InChI is InChI=1S/C20H25F3N2O3/c21-20(22,23)15-6-4-5-14(11-15)19(9-2-1-3-10-19)25-17(26)13-7-8-16(18(27)28)24-12-13/h4-6,11,13,16,24H,1-3,7-10,12H2,(H,25,26)(H,27,28). The second-order valence-corrected chi connectivity index (χ2v) is 7.78. The van der Waals surface area contributed by atoms with Gasteiger partial charge < -0.3 is 15.7 Å².